The molecule has 0 amide bonds. The van der Waals surface area contributed by atoms with Crippen LogP contribution in [0.25, 0.3) is 0 Å². The predicted molar refractivity (Wildman–Crippen MR) is 76.6 cm³/mol. The molecule has 0 bridgehead atoms. The van der Waals surface area contributed by atoms with E-state index in [9.17, 15) is 5.11 Å². The van der Waals surface area contributed by atoms with Crippen molar-refractivity contribution >= 4 is 11.8 Å². The Labute approximate surface area is 121 Å². The first-order valence-electron chi connectivity index (χ1n) is 6.10. The van der Waals surface area contributed by atoms with Gasteiger partial charge in [0.15, 0.2) is 5.16 Å². The monoisotopic (exact) mass is 289 g/mol. The van der Waals surface area contributed by atoms with Crippen molar-refractivity contribution in [3.05, 3.63) is 42.2 Å². The molecular weight excluding hydrogens is 274 g/mol. The van der Waals surface area contributed by atoms with Gasteiger partial charge in [-0.05, 0) is 24.3 Å². The van der Waals surface area contributed by atoms with E-state index >= 15 is 0 Å². The van der Waals surface area contributed by atoms with E-state index < -0.39 is 6.10 Å². The summed E-state index contributed by atoms with van der Waals surface area (Å²) in [6.45, 7) is 0.212. The number of nitrogens with zero attached hydrogens (tertiary/aromatic N) is 3. The van der Waals surface area contributed by atoms with E-state index in [2.05, 4.69) is 4.98 Å². The van der Waals surface area contributed by atoms with Gasteiger partial charge in [-0.1, -0.05) is 11.8 Å². The predicted octanol–water partition coefficient (Wildman–Crippen LogP) is 1.82. The Hall–Kier alpha value is -1.97. The fraction of sp³-hybridized carbons (Fsp3) is 0.286. The summed E-state index contributed by atoms with van der Waals surface area (Å²) in [6, 6.07) is 8.85. The average Bonchev–Trinajstić information content (AvgIpc) is 2.89. The third-order valence-electron chi connectivity index (χ3n) is 2.61. The Kier molecular flexibility index (Phi) is 5.04. The summed E-state index contributed by atoms with van der Waals surface area (Å²) in [4.78, 5) is 4.17. The van der Waals surface area contributed by atoms with Gasteiger partial charge in [0.2, 0.25) is 0 Å². The highest BCUT2D eigenvalue weighted by Crippen LogP contribution is 2.16. The number of ether oxygens (including phenoxy) is 1. The van der Waals surface area contributed by atoms with Crippen LogP contribution in [0.15, 0.2) is 41.8 Å². The highest BCUT2D eigenvalue weighted by Gasteiger charge is 2.08. The van der Waals surface area contributed by atoms with Gasteiger partial charge in [-0.2, -0.15) is 5.26 Å². The Balaban J connectivity index is 1.76. The molecule has 5 nitrogen and oxygen atoms in total. The fourth-order valence-electron chi connectivity index (χ4n) is 1.53. The smallest absolute Gasteiger partial charge is 0.167 e. The molecule has 2 aromatic rings. The molecule has 1 aromatic carbocycles. The second kappa shape index (κ2) is 6.98. The molecular formula is C14H15N3O2S. The fourth-order valence-corrected chi connectivity index (χ4v) is 2.37. The zero-order chi connectivity index (χ0) is 14.4. The van der Waals surface area contributed by atoms with E-state index in [-0.39, 0.29) is 6.61 Å². The molecule has 1 aromatic heterocycles. The van der Waals surface area contributed by atoms with E-state index in [1.54, 1.807) is 30.5 Å². The molecule has 1 heterocycles. The molecule has 0 spiro atoms. The lowest BCUT2D eigenvalue weighted by Crippen LogP contribution is -2.20. The van der Waals surface area contributed by atoms with Gasteiger partial charge in [0.05, 0.1) is 17.7 Å². The van der Waals surface area contributed by atoms with Crippen LogP contribution in [0.2, 0.25) is 0 Å². The normalized spacial score (nSPS) is 11.8. The first kappa shape index (κ1) is 14.4. The van der Waals surface area contributed by atoms with Gasteiger partial charge in [-0.3, -0.25) is 0 Å². The van der Waals surface area contributed by atoms with Gasteiger partial charge < -0.3 is 14.4 Å². The van der Waals surface area contributed by atoms with Crippen LogP contribution in [0.1, 0.15) is 5.56 Å². The Morgan fingerprint density at radius 3 is 2.80 bits per heavy atom. The molecule has 20 heavy (non-hydrogen) atoms. The van der Waals surface area contributed by atoms with Crippen LogP contribution in [0, 0.1) is 11.3 Å². The van der Waals surface area contributed by atoms with Crippen molar-refractivity contribution < 1.29 is 9.84 Å². The van der Waals surface area contributed by atoms with Crippen LogP contribution < -0.4 is 4.74 Å². The molecule has 104 valence electrons. The Bertz CT molecular complexity index is 589. The van der Waals surface area contributed by atoms with Crippen LogP contribution in [-0.4, -0.2) is 33.1 Å². The second-order valence-corrected chi connectivity index (χ2v) is 5.22. The molecule has 2 rings (SSSR count). The summed E-state index contributed by atoms with van der Waals surface area (Å²) in [6.07, 6.45) is 3.01. The van der Waals surface area contributed by atoms with Crippen LogP contribution in [0.3, 0.4) is 0 Å². The van der Waals surface area contributed by atoms with Crippen LogP contribution in [-0.2, 0) is 7.05 Å². The summed E-state index contributed by atoms with van der Waals surface area (Å²) < 4.78 is 7.37. The van der Waals surface area contributed by atoms with Crippen LogP contribution in [0.5, 0.6) is 5.75 Å². The largest absolute Gasteiger partial charge is 0.491 e. The lowest BCUT2D eigenvalue weighted by atomic mass is 10.2. The zero-order valence-electron chi connectivity index (χ0n) is 11.1. The van der Waals surface area contributed by atoms with Crippen molar-refractivity contribution in [2.45, 2.75) is 11.3 Å². The second-order valence-electron chi connectivity index (χ2n) is 4.23. The van der Waals surface area contributed by atoms with Crippen molar-refractivity contribution in [2.75, 3.05) is 12.4 Å². The lowest BCUT2D eigenvalue weighted by Gasteiger charge is -2.11. The maximum atomic E-state index is 9.87. The molecule has 0 saturated carbocycles. The summed E-state index contributed by atoms with van der Waals surface area (Å²) in [5.41, 5.74) is 0.586. The lowest BCUT2D eigenvalue weighted by molar-refractivity contribution is 0.126. The number of aryl methyl sites for hydroxylation is 1. The molecule has 6 heteroatoms. The molecule has 1 N–H and O–H groups in total. The molecule has 0 aliphatic carbocycles. The van der Waals surface area contributed by atoms with Gasteiger partial charge in [-0.25, -0.2) is 4.98 Å². The van der Waals surface area contributed by atoms with Crippen molar-refractivity contribution in [2.24, 2.45) is 7.05 Å². The Morgan fingerprint density at radius 2 is 2.20 bits per heavy atom. The number of thioether (sulfide) groups is 1. The quantitative estimate of drug-likeness (QED) is 0.821. The van der Waals surface area contributed by atoms with E-state index in [0.717, 1.165) is 5.16 Å². The number of aromatic nitrogens is 2. The molecule has 0 aliphatic rings. The Morgan fingerprint density at radius 1 is 1.45 bits per heavy atom. The van der Waals surface area contributed by atoms with Gasteiger partial charge in [0.25, 0.3) is 0 Å². The summed E-state index contributed by atoms with van der Waals surface area (Å²) >= 11 is 1.48. The summed E-state index contributed by atoms with van der Waals surface area (Å²) in [5.74, 6) is 1.16. The third-order valence-corrected chi connectivity index (χ3v) is 3.81. The van der Waals surface area contributed by atoms with Crippen LogP contribution in [0.4, 0.5) is 0 Å². The van der Waals surface area contributed by atoms with Crippen molar-refractivity contribution in [3.8, 4) is 11.8 Å². The molecule has 0 aliphatic heterocycles. The topological polar surface area (TPSA) is 71.1 Å². The van der Waals surface area contributed by atoms with Crippen molar-refractivity contribution in [1.29, 1.82) is 5.26 Å². The minimum Gasteiger partial charge on any atom is -0.491 e. The maximum absolute atomic E-state index is 9.87. The molecule has 0 fully saturated rings. The van der Waals surface area contributed by atoms with Crippen molar-refractivity contribution in [1.82, 2.24) is 9.55 Å². The van der Waals surface area contributed by atoms with E-state index in [1.807, 2.05) is 23.9 Å². The minimum atomic E-state index is -0.577. The maximum Gasteiger partial charge on any atom is 0.167 e. The standard InChI is InChI=1S/C14H15N3O2S/c1-17-7-6-16-14(17)20-10-12(18)9-19-13-4-2-11(8-15)3-5-13/h2-7,12,18H,9-10H2,1H3/t12-/m1/s1. The molecule has 0 unspecified atom stereocenters. The van der Waals surface area contributed by atoms with Gasteiger partial charge in [-0.15, -0.1) is 0 Å². The SMILES string of the molecule is Cn1ccnc1SC[C@H](O)COc1ccc(C#N)cc1. The number of nitriles is 1. The third kappa shape index (κ3) is 4.02. The highest BCUT2D eigenvalue weighted by molar-refractivity contribution is 7.99. The summed E-state index contributed by atoms with van der Waals surface area (Å²) in [7, 11) is 1.91. The highest BCUT2D eigenvalue weighted by atomic mass is 32.2. The average molecular weight is 289 g/mol. The number of hydrogen-bond acceptors (Lipinski definition) is 5. The summed E-state index contributed by atoms with van der Waals surface area (Å²) in [5, 5.41) is 19.4. The number of benzene rings is 1. The van der Waals surface area contributed by atoms with E-state index in [4.69, 9.17) is 10.00 Å². The number of aliphatic hydroxyl groups excluding tert-OH is 1. The zero-order valence-corrected chi connectivity index (χ0v) is 11.9. The van der Waals surface area contributed by atoms with E-state index in [1.165, 1.54) is 11.8 Å². The number of hydrogen-bond donors (Lipinski definition) is 1. The van der Waals surface area contributed by atoms with Gasteiger partial charge in [0.1, 0.15) is 12.4 Å². The number of imidazole rings is 1. The van der Waals surface area contributed by atoms with Crippen molar-refractivity contribution in [3.63, 3.8) is 0 Å². The minimum absolute atomic E-state index is 0.212. The number of rotatable bonds is 6. The molecule has 0 saturated heterocycles. The van der Waals surface area contributed by atoms with Gasteiger partial charge >= 0.3 is 0 Å². The number of aliphatic hydroxyl groups is 1. The first-order valence-corrected chi connectivity index (χ1v) is 7.09. The van der Waals surface area contributed by atoms with Gasteiger partial charge in [0, 0.05) is 25.2 Å². The molecule has 1 atom stereocenters. The first-order chi connectivity index (χ1) is 9.69. The van der Waals surface area contributed by atoms with E-state index in [0.29, 0.717) is 17.1 Å². The molecule has 0 radical (unpaired) electrons. The van der Waals surface area contributed by atoms with Crippen LogP contribution >= 0.6 is 11.8 Å².